The fourth-order valence-electron chi connectivity index (χ4n) is 0.849. The van der Waals surface area contributed by atoms with Crippen molar-refractivity contribution in [3.63, 3.8) is 0 Å². The predicted octanol–water partition coefficient (Wildman–Crippen LogP) is 1.47. The molecule has 0 radical (unpaired) electrons. The van der Waals surface area contributed by atoms with Gasteiger partial charge >= 0.3 is 5.97 Å². The highest BCUT2D eigenvalue weighted by molar-refractivity contribution is 5.80. The summed E-state index contributed by atoms with van der Waals surface area (Å²) in [5.41, 5.74) is 0. The van der Waals surface area contributed by atoms with Gasteiger partial charge in [-0.3, -0.25) is 9.59 Å². The van der Waals surface area contributed by atoms with Gasteiger partial charge in [-0.2, -0.15) is 0 Å². The second kappa shape index (κ2) is 4.88. The average Bonchev–Trinajstić information content (AvgIpc) is 1.98. The highest BCUT2D eigenvalue weighted by Gasteiger charge is 2.11. The van der Waals surface area contributed by atoms with E-state index in [2.05, 4.69) is 0 Å². The number of carbonyl (C=O) groups excluding carboxylic acids is 1. The molecular formula is C8H14O3. The molecule has 0 saturated carbocycles. The Hall–Kier alpha value is -0.860. The maximum Gasteiger partial charge on any atom is 0.303 e. The SMILES string of the molecule is CCC(=O)C(C)CCC(=O)O. The van der Waals surface area contributed by atoms with Crippen molar-refractivity contribution in [2.24, 2.45) is 5.92 Å². The van der Waals surface area contributed by atoms with Crippen molar-refractivity contribution in [3.05, 3.63) is 0 Å². The Kier molecular flexibility index (Phi) is 4.50. The summed E-state index contributed by atoms with van der Waals surface area (Å²) in [5, 5.41) is 8.31. The van der Waals surface area contributed by atoms with Gasteiger partial charge in [0.15, 0.2) is 0 Å². The Bertz CT molecular complexity index is 151. The summed E-state index contributed by atoms with van der Waals surface area (Å²) in [4.78, 5) is 21.0. The fourth-order valence-corrected chi connectivity index (χ4v) is 0.849. The molecule has 11 heavy (non-hydrogen) atoms. The van der Waals surface area contributed by atoms with Gasteiger partial charge in [0.25, 0.3) is 0 Å². The lowest BCUT2D eigenvalue weighted by molar-refractivity contribution is -0.137. The lowest BCUT2D eigenvalue weighted by Gasteiger charge is -2.05. The standard InChI is InChI=1S/C8H14O3/c1-3-7(9)6(2)4-5-8(10)11/h6H,3-5H2,1-2H3,(H,10,11). The minimum Gasteiger partial charge on any atom is -0.481 e. The smallest absolute Gasteiger partial charge is 0.303 e. The van der Waals surface area contributed by atoms with Crippen LogP contribution in [0.15, 0.2) is 0 Å². The van der Waals surface area contributed by atoms with Crippen LogP contribution < -0.4 is 0 Å². The third-order valence-corrected chi connectivity index (χ3v) is 1.69. The number of Topliss-reactive ketones (excluding diaryl/α,β-unsaturated/α-hetero) is 1. The summed E-state index contributed by atoms with van der Waals surface area (Å²) >= 11 is 0. The zero-order valence-electron chi connectivity index (χ0n) is 6.96. The predicted molar refractivity (Wildman–Crippen MR) is 41.3 cm³/mol. The second-order valence-corrected chi connectivity index (χ2v) is 2.65. The number of aliphatic carboxylic acids is 1. The van der Waals surface area contributed by atoms with Crippen LogP contribution in [0, 0.1) is 5.92 Å². The summed E-state index contributed by atoms with van der Waals surface area (Å²) in [7, 11) is 0. The number of carboxylic acids is 1. The zero-order valence-corrected chi connectivity index (χ0v) is 6.96. The average molecular weight is 158 g/mol. The van der Waals surface area contributed by atoms with Crippen LogP contribution in [0.5, 0.6) is 0 Å². The lowest BCUT2D eigenvalue weighted by atomic mass is 9.99. The number of carbonyl (C=O) groups is 2. The molecule has 0 heterocycles. The van der Waals surface area contributed by atoms with Crippen LogP contribution in [-0.2, 0) is 9.59 Å². The van der Waals surface area contributed by atoms with Crippen molar-refractivity contribution in [2.75, 3.05) is 0 Å². The van der Waals surface area contributed by atoms with E-state index in [0.717, 1.165) is 0 Å². The zero-order chi connectivity index (χ0) is 8.85. The molecule has 0 aromatic rings. The Labute approximate surface area is 66.4 Å². The lowest BCUT2D eigenvalue weighted by Crippen LogP contribution is -2.11. The van der Waals surface area contributed by atoms with Crippen molar-refractivity contribution in [1.29, 1.82) is 0 Å². The fraction of sp³-hybridized carbons (Fsp3) is 0.750. The van der Waals surface area contributed by atoms with Crippen LogP contribution >= 0.6 is 0 Å². The molecule has 64 valence electrons. The first kappa shape index (κ1) is 10.1. The van der Waals surface area contributed by atoms with E-state index in [1.165, 1.54) is 0 Å². The Morgan fingerprint density at radius 3 is 2.36 bits per heavy atom. The topological polar surface area (TPSA) is 54.4 Å². The molecule has 0 bridgehead atoms. The van der Waals surface area contributed by atoms with Crippen molar-refractivity contribution in [2.45, 2.75) is 33.1 Å². The molecule has 0 amide bonds. The molecule has 0 aliphatic carbocycles. The monoisotopic (exact) mass is 158 g/mol. The highest BCUT2D eigenvalue weighted by Crippen LogP contribution is 2.08. The van der Waals surface area contributed by atoms with Gasteiger partial charge < -0.3 is 5.11 Å². The summed E-state index contributed by atoms with van der Waals surface area (Å²) in [6.45, 7) is 3.56. The van der Waals surface area contributed by atoms with Gasteiger partial charge in [-0.15, -0.1) is 0 Å². The van der Waals surface area contributed by atoms with Crippen molar-refractivity contribution in [1.82, 2.24) is 0 Å². The maximum atomic E-state index is 10.9. The molecule has 0 spiro atoms. The molecule has 3 nitrogen and oxygen atoms in total. The van der Waals surface area contributed by atoms with E-state index in [1.54, 1.807) is 13.8 Å². The van der Waals surface area contributed by atoms with Crippen LogP contribution in [0.2, 0.25) is 0 Å². The third-order valence-electron chi connectivity index (χ3n) is 1.69. The molecule has 1 N–H and O–H groups in total. The first-order valence-corrected chi connectivity index (χ1v) is 3.82. The summed E-state index contributed by atoms with van der Waals surface area (Å²) in [5.74, 6) is -0.789. The van der Waals surface area contributed by atoms with E-state index < -0.39 is 5.97 Å². The van der Waals surface area contributed by atoms with E-state index in [9.17, 15) is 9.59 Å². The second-order valence-electron chi connectivity index (χ2n) is 2.65. The minimum absolute atomic E-state index is 0.0902. The quantitative estimate of drug-likeness (QED) is 0.659. The van der Waals surface area contributed by atoms with Crippen LogP contribution in [0.3, 0.4) is 0 Å². The molecule has 3 heteroatoms. The summed E-state index contributed by atoms with van der Waals surface area (Å²) < 4.78 is 0. The van der Waals surface area contributed by atoms with Crippen LogP contribution in [0.25, 0.3) is 0 Å². The summed E-state index contributed by atoms with van der Waals surface area (Å²) in [6.07, 6.45) is 1.05. The van der Waals surface area contributed by atoms with Gasteiger partial charge in [0.05, 0.1) is 0 Å². The van der Waals surface area contributed by atoms with E-state index in [4.69, 9.17) is 5.11 Å². The maximum absolute atomic E-state index is 10.9. The van der Waals surface area contributed by atoms with Crippen LogP contribution in [0.1, 0.15) is 33.1 Å². The molecule has 0 saturated heterocycles. The van der Waals surface area contributed by atoms with Gasteiger partial charge in [-0.05, 0) is 6.42 Å². The summed E-state index contributed by atoms with van der Waals surface area (Å²) in [6, 6.07) is 0. The Morgan fingerprint density at radius 1 is 1.45 bits per heavy atom. The molecule has 0 aromatic carbocycles. The van der Waals surface area contributed by atoms with Crippen LogP contribution in [0.4, 0.5) is 0 Å². The molecule has 0 aromatic heterocycles. The van der Waals surface area contributed by atoms with Crippen molar-refractivity contribution < 1.29 is 14.7 Å². The van der Waals surface area contributed by atoms with Gasteiger partial charge in [0.2, 0.25) is 0 Å². The molecule has 0 rings (SSSR count). The number of rotatable bonds is 5. The van der Waals surface area contributed by atoms with E-state index in [-0.39, 0.29) is 18.1 Å². The molecule has 1 unspecified atom stereocenters. The van der Waals surface area contributed by atoms with Crippen molar-refractivity contribution >= 4 is 11.8 Å². The normalized spacial score (nSPS) is 12.5. The first-order chi connectivity index (χ1) is 5.07. The Morgan fingerprint density at radius 2 is 2.00 bits per heavy atom. The largest absolute Gasteiger partial charge is 0.481 e. The van der Waals surface area contributed by atoms with E-state index >= 15 is 0 Å². The Balaban J connectivity index is 3.60. The first-order valence-electron chi connectivity index (χ1n) is 3.82. The number of hydrogen-bond donors (Lipinski definition) is 1. The third kappa shape index (κ3) is 4.53. The minimum atomic E-state index is -0.833. The van der Waals surface area contributed by atoms with Crippen LogP contribution in [-0.4, -0.2) is 16.9 Å². The number of ketones is 1. The highest BCUT2D eigenvalue weighted by atomic mass is 16.4. The molecular weight excluding hydrogens is 144 g/mol. The van der Waals surface area contributed by atoms with Gasteiger partial charge in [0, 0.05) is 18.8 Å². The van der Waals surface area contributed by atoms with E-state index in [1.807, 2.05) is 0 Å². The molecule has 0 fully saturated rings. The molecule has 0 aliphatic rings. The number of hydrogen-bond acceptors (Lipinski definition) is 2. The molecule has 1 atom stereocenters. The van der Waals surface area contributed by atoms with E-state index in [0.29, 0.717) is 12.8 Å². The van der Waals surface area contributed by atoms with Gasteiger partial charge in [0.1, 0.15) is 5.78 Å². The van der Waals surface area contributed by atoms with Gasteiger partial charge in [-0.1, -0.05) is 13.8 Å². The van der Waals surface area contributed by atoms with Crippen molar-refractivity contribution in [3.8, 4) is 0 Å². The molecule has 0 aliphatic heterocycles. The number of carboxylic acid groups (broad SMARTS) is 1. The van der Waals surface area contributed by atoms with Gasteiger partial charge in [-0.25, -0.2) is 0 Å².